The summed E-state index contributed by atoms with van der Waals surface area (Å²) in [6.45, 7) is 6.26. The van der Waals surface area contributed by atoms with Crippen LogP contribution in [-0.2, 0) is 0 Å². The fraction of sp³-hybridized carbons (Fsp3) is 0.286. The number of ether oxygens (including phenoxy) is 1. The number of H-pyrrole nitrogens is 1. The van der Waals surface area contributed by atoms with Crippen LogP contribution in [0.15, 0.2) is 29.2 Å². The van der Waals surface area contributed by atoms with Gasteiger partial charge >= 0.3 is 0 Å². The summed E-state index contributed by atoms with van der Waals surface area (Å²) in [4.78, 5) is 19.0. The molecule has 18 heavy (non-hydrogen) atoms. The Kier molecular flexibility index (Phi) is 3.46. The van der Waals surface area contributed by atoms with Crippen LogP contribution >= 0.6 is 0 Å². The molecule has 0 unspecified atom stereocenters. The SMILES string of the molecule is CCOc1ncccc1-c1cc(C)c(C)[nH]c1=O. The van der Waals surface area contributed by atoms with Gasteiger partial charge in [0.05, 0.1) is 12.2 Å². The quantitative estimate of drug-likeness (QED) is 0.902. The first kappa shape index (κ1) is 12.4. The van der Waals surface area contributed by atoms with Gasteiger partial charge in [-0.15, -0.1) is 0 Å². The second-order valence-corrected chi connectivity index (χ2v) is 4.11. The minimum atomic E-state index is -0.118. The van der Waals surface area contributed by atoms with E-state index in [9.17, 15) is 4.79 Å². The van der Waals surface area contributed by atoms with Crippen molar-refractivity contribution in [1.29, 1.82) is 0 Å². The maximum atomic E-state index is 12.0. The van der Waals surface area contributed by atoms with E-state index < -0.39 is 0 Å². The van der Waals surface area contributed by atoms with Crippen molar-refractivity contribution in [1.82, 2.24) is 9.97 Å². The Morgan fingerprint density at radius 3 is 2.83 bits per heavy atom. The number of nitrogens with one attached hydrogen (secondary N) is 1. The zero-order valence-corrected chi connectivity index (χ0v) is 10.8. The molecule has 0 saturated heterocycles. The lowest BCUT2D eigenvalue weighted by atomic mass is 10.1. The first-order valence-electron chi connectivity index (χ1n) is 5.92. The molecule has 0 fully saturated rings. The zero-order valence-electron chi connectivity index (χ0n) is 10.8. The minimum absolute atomic E-state index is 0.118. The van der Waals surface area contributed by atoms with E-state index >= 15 is 0 Å². The average Bonchev–Trinajstić information content (AvgIpc) is 2.35. The number of rotatable bonds is 3. The fourth-order valence-corrected chi connectivity index (χ4v) is 1.77. The van der Waals surface area contributed by atoms with Crippen molar-refractivity contribution in [2.24, 2.45) is 0 Å². The third kappa shape index (κ3) is 2.27. The molecule has 0 aliphatic carbocycles. The maximum Gasteiger partial charge on any atom is 0.256 e. The van der Waals surface area contributed by atoms with E-state index in [0.29, 0.717) is 18.1 Å². The van der Waals surface area contributed by atoms with Gasteiger partial charge in [0.1, 0.15) is 0 Å². The molecule has 2 aromatic heterocycles. The number of aromatic nitrogens is 2. The Labute approximate surface area is 106 Å². The summed E-state index contributed by atoms with van der Waals surface area (Å²) in [7, 11) is 0. The first-order chi connectivity index (χ1) is 8.63. The van der Waals surface area contributed by atoms with Crippen molar-refractivity contribution in [3.05, 3.63) is 46.0 Å². The van der Waals surface area contributed by atoms with Gasteiger partial charge in [-0.2, -0.15) is 0 Å². The maximum absolute atomic E-state index is 12.0. The molecule has 0 aliphatic rings. The number of aryl methyl sites for hydroxylation is 2. The molecule has 2 rings (SSSR count). The Balaban J connectivity index is 2.62. The van der Waals surface area contributed by atoms with Gasteiger partial charge in [-0.3, -0.25) is 4.79 Å². The zero-order chi connectivity index (χ0) is 13.1. The van der Waals surface area contributed by atoms with E-state index in [4.69, 9.17) is 4.74 Å². The molecule has 0 atom stereocenters. The van der Waals surface area contributed by atoms with Crippen LogP contribution in [0.1, 0.15) is 18.2 Å². The molecule has 4 nitrogen and oxygen atoms in total. The van der Waals surface area contributed by atoms with Crippen molar-refractivity contribution in [3.8, 4) is 17.0 Å². The Morgan fingerprint density at radius 2 is 2.11 bits per heavy atom. The van der Waals surface area contributed by atoms with E-state index in [0.717, 1.165) is 16.8 Å². The first-order valence-corrected chi connectivity index (χ1v) is 5.92. The number of nitrogens with zero attached hydrogens (tertiary/aromatic N) is 1. The molecule has 1 N–H and O–H groups in total. The van der Waals surface area contributed by atoms with Crippen LogP contribution in [0.2, 0.25) is 0 Å². The Morgan fingerprint density at radius 1 is 1.33 bits per heavy atom. The second-order valence-electron chi connectivity index (χ2n) is 4.11. The van der Waals surface area contributed by atoms with Crippen LogP contribution in [0.5, 0.6) is 5.88 Å². The molecule has 94 valence electrons. The topological polar surface area (TPSA) is 55.0 Å². The van der Waals surface area contributed by atoms with Crippen LogP contribution in [-0.4, -0.2) is 16.6 Å². The van der Waals surface area contributed by atoms with Gasteiger partial charge in [-0.25, -0.2) is 4.98 Å². The van der Waals surface area contributed by atoms with E-state index in [-0.39, 0.29) is 5.56 Å². The summed E-state index contributed by atoms with van der Waals surface area (Å²) in [5, 5.41) is 0. The van der Waals surface area contributed by atoms with E-state index in [1.165, 1.54) is 0 Å². The number of aromatic amines is 1. The molecule has 0 aromatic carbocycles. The third-order valence-corrected chi connectivity index (χ3v) is 2.84. The Bertz CT molecular complexity index is 617. The highest BCUT2D eigenvalue weighted by atomic mass is 16.5. The van der Waals surface area contributed by atoms with Gasteiger partial charge in [-0.1, -0.05) is 0 Å². The van der Waals surface area contributed by atoms with Crippen LogP contribution in [0.3, 0.4) is 0 Å². The normalized spacial score (nSPS) is 10.4. The molecule has 0 bridgehead atoms. The molecule has 0 saturated carbocycles. The van der Waals surface area contributed by atoms with Crippen molar-refractivity contribution >= 4 is 0 Å². The van der Waals surface area contributed by atoms with Crippen molar-refractivity contribution in [3.63, 3.8) is 0 Å². The predicted molar refractivity (Wildman–Crippen MR) is 70.9 cm³/mol. The van der Waals surface area contributed by atoms with Gasteiger partial charge in [0, 0.05) is 17.5 Å². The van der Waals surface area contributed by atoms with E-state index in [2.05, 4.69) is 9.97 Å². The van der Waals surface area contributed by atoms with Gasteiger partial charge in [0.25, 0.3) is 5.56 Å². The fourth-order valence-electron chi connectivity index (χ4n) is 1.77. The molecule has 2 aromatic rings. The summed E-state index contributed by atoms with van der Waals surface area (Å²) in [5.41, 5.74) is 3.12. The van der Waals surface area contributed by atoms with Crippen molar-refractivity contribution < 1.29 is 4.74 Å². The molecule has 0 spiro atoms. The molecular weight excluding hydrogens is 228 g/mol. The van der Waals surface area contributed by atoms with Crippen molar-refractivity contribution in [2.45, 2.75) is 20.8 Å². The number of pyridine rings is 2. The summed E-state index contributed by atoms with van der Waals surface area (Å²) in [6.07, 6.45) is 1.66. The highest BCUT2D eigenvalue weighted by molar-refractivity contribution is 5.68. The summed E-state index contributed by atoms with van der Waals surface area (Å²) < 4.78 is 5.45. The standard InChI is InChI=1S/C14H16N2O2/c1-4-18-14-11(6-5-7-15-14)12-8-9(2)10(3)16-13(12)17/h5-8H,4H2,1-3H3,(H,16,17). The van der Waals surface area contributed by atoms with Crippen LogP contribution < -0.4 is 10.3 Å². The molecule has 2 heterocycles. The predicted octanol–water partition coefficient (Wildman–Crippen LogP) is 2.45. The van der Waals surface area contributed by atoms with E-state index in [1.54, 1.807) is 12.3 Å². The molecule has 0 amide bonds. The Hall–Kier alpha value is -2.10. The largest absolute Gasteiger partial charge is 0.478 e. The highest BCUT2D eigenvalue weighted by Crippen LogP contribution is 2.25. The van der Waals surface area contributed by atoms with Crippen LogP contribution in [0.4, 0.5) is 0 Å². The molecule has 0 aliphatic heterocycles. The number of hydrogen-bond acceptors (Lipinski definition) is 3. The number of hydrogen-bond donors (Lipinski definition) is 1. The van der Waals surface area contributed by atoms with Crippen LogP contribution in [0.25, 0.3) is 11.1 Å². The summed E-state index contributed by atoms with van der Waals surface area (Å²) in [6, 6.07) is 5.51. The molecule has 4 heteroatoms. The summed E-state index contributed by atoms with van der Waals surface area (Å²) >= 11 is 0. The lowest BCUT2D eigenvalue weighted by molar-refractivity contribution is 0.328. The average molecular weight is 244 g/mol. The van der Waals surface area contributed by atoms with Crippen molar-refractivity contribution in [2.75, 3.05) is 6.61 Å². The molecule has 0 radical (unpaired) electrons. The molecular formula is C14H16N2O2. The second kappa shape index (κ2) is 5.04. The lowest BCUT2D eigenvalue weighted by Crippen LogP contribution is -2.12. The smallest absolute Gasteiger partial charge is 0.256 e. The van der Waals surface area contributed by atoms with E-state index in [1.807, 2.05) is 32.9 Å². The van der Waals surface area contributed by atoms with Gasteiger partial charge < -0.3 is 9.72 Å². The minimum Gasteiger partial charge on any atom is -0.478 e. The third-order valence-electron chi connectivity index (χ3n) is 2.84. The monoisotopic (exact) mass is 244 g/mol. The summed E-state index contributed by atoms with van der Waals surface area (Å²) in [5.74, 6) is 0.494. The van der Waals surface area contributed by atoms with Gasteiger partial charge in [-0.05, 0) is 44.5 Å². The highest BCUT2D eigenvalue weighted by Gasteiger charge is 2.11. The lowest BCUT2D eigenvalue weighted by Gasteiger charge is -2.09. The van der Waals surface area contributed by atoms with Gasteiger partial charge in [0.15, 0.2) is 0 Å². The van der Waals surface area contributed by atoms with Gasteiger partial charge in [0.2, 0.25) is 5.88 Å². The van der Waals surface area contributed by atoms with Crippen LogP contribution in [0, 0.1) is 13.8 Å².